The van der Waals surface area contributed by atoms with Crippen molar-refractivity contribution in [3.63, 3.8) is 0 Å². The Kier molecular flexibility index (Phi) is 7.97. The SMILES string of the molecule is COC(=O)c1ccc(C2CCN(C)CCN2C(=O)OC(C)(C)C)cc1OCc1ccccc1. The molecule has 0 radical (unpaired) electrons. The van der Waals surface area contributed by atoms with Gasteiger partial charge in [-0.05, 0) is 57.5 Å². The second kappa shape index (κ2) is 10.7. The van der Waals surface area contributed by atoms with Crippen molar-refractivity contribution in [2.24, 2.45) is 0 Å². The van der Waals surface area contributed by atoms with Gasteiger partial charge in [0.1, 0.15) is 23.5 Å². The van der Waals surface area contributed by atoms with E-state index in [9.17, 15) is 9.59 Å². The van der Waals surface area contributed by atoms with E-state index >= 15 is 0 Å². The number of likely N-dealkylation sites (N-methyl/N-ethyl adjacent to an activating group) is 1. The van der Waals surface area contributed by atoms with Crippen LogP contribution in [0.25, 0.3) is 0 Å². The van der Waals surface area contributed by atoms with E-state index in [0.717, 1.165) is 30.6 Å². The van der Waals surface area contributed by atoms with E-state index < -0.39 is 11.6 Å². The minimum Gasteiger partial charge on any atom is -0.488 e. The van der Waals surface area contributed by atoms with E-state index in [0.29, 0.717) is 24.5 Å². The second-order valence-corrected chi connectivity index (χ2v) is 9.30. The van der Waals surface area contributed by atoms with E-state index in [-0.39, 0.29) is 12.1 Å². The van der Waals surface area contributed by atoms with Crippen molar-refractivity contribution < 1.29 is 23.8 Å². The number of hydrogen-bond donors (Lipinski definition) is 0. The molecule has 0 bridgehead atoms. The average molecular weight is 455 g/mol. The third-order valence-corrected chi connectivity index (χ3v) is 5.54. The molecule has 3 rings (SSSR count). The predicted octanol–water partition coefficient (Wildman–Crippen LogP) is 4.67. The number of carbonyl (C=O) groups is 2. The third-order valence-electron chi connectivity index (χ3n) is 5.54. The fourth-order valence-electron chi connectivity index (χ4n) is 3.81. The Hall–Kier alpha value is -3.06. The highest BCUT2D eigenvalue weighted by Gasteiger charge is 2.32. The highest BCUT2D eigenvalue weighted by atomic mass is 16.6. The van der Waals surface area contributed by atoms with Crippen molar-refractivity contribution in [2.75, 3.05) is 33.8 Å². The zero-order valence-electron chi connectivity index (χ0n) is 20.2. The van der Waals surface area contributed by atoms with Gasteiger partial charge in [-0.1, -0.05) is 36.4 Å². The van der Waals surface area contributed by atoms with Gasteiger partial charge >= 0.3 is 12.1 Å². The van der Waals surface area contributed by atoms with Crippen LogP contribution in [0.15, 0.2) is 48.5 Å². The Morgan fingerprint density at radius 3 is 2.42 bits per heavy atom. The molecule has 0 N–H and O–H groups in total. The van der Waals surface area contributed by atoms with E-state index in [1.54, 1.807) is 11.0 Å². The topological polar surface area (TPSA) is 68.3 Å². The molecule has 2 aromatic rings. The van der Waals surface area contributed by atoms with Gasteiger partial charge in [0.2, 0.25) is 0 Å². The molecule has 0 aromatic heterocycles. The Labute approximate surface area is 196 Å². The van der Waals surface area contributed by atoms with Gasteiger partial charge in [0.25, 0.3) is 0 Å². The summed E-state index contributed by atoms with van der Waals surface area (Å²) >= 11 is 0. The van der Waals surface area contributed by atoms with Crippen molar-refractivity contribution in [1.29, 1.82) is 0 Å². The van der Waals surface area contributed by atoms with E-state index in [1.807, 2.05) is 70.3 Å². The molecule has 1 amide bonds. The standard InChI is InChI=1S/C26H34N2O5/c1-26(2,3)33-25(30)28-16-15-27(4)14-13-22(28)20-11-12-21(24(29)31-5)23(17-20)32-18-19-9-7-6-8-10-19/h6-12,17,22H,13-16,18H2,1-5H3. The molecule has 2 aromatic carbocycles. The van der Waals surface area contributed by atoms with Gasteiger partial charge in [0.15, 0.2) is 0 Å². The fourth-order valence-corrected chi connectivity index (χ4v) is 3.81. The first-order chi connectivity index (χ1) is 15.7. The molecule has 1 atom stereocenters. The minimum absolute atomic E-state index is 0.199. The molecule has 0 saturated carbocycles. The average Bonchev–Trinajstić information content (AvgIpc) is 2.98. The molecule has 1 unspecified atom stereocenters. The first-order valence-corrected chi connectivity index (χ1v) is 11.2. The number of rotatable bonds is 5. The zero-order valence-corrected chi connectivity index (χ0v) is 20.2. The summed E-state index contributed by atoms with van der Waals surface area (Å²) in [4.78, 5) is 29.4. The number of carbonyl (C=O) groups excluding carboxylic acids is 2. The summed E-state index contributed by atoms with van der Waals surface area (Å²) < 4.78 is 16.7. The number of amides is 1. The third kappa shape index (κ3) is 6.71. The highest BCUT2D eigenvalue weighted by Crippen LogP contribution is 2.33. The van der Waals surface area contributed by atoms with Gasteiger partial charge in [0, 0.05) is 19.6 Å². The predicted molar refractivity (Wildman–Crippen MR) is 126 cm³/mol. The molecule has 1 aliphatic rings. The zero-order chi connectivity index (χ0) is 24.0. The summed E-state index contributed by atoms with van der Waals surface area (Å²) in [5, 5.41) is 0. The van der Waals surface area contributed by atoms with Crippen LogP contribution in [0.4, 0.5) is 4.79 Å². The molecule has 7 nitrogen and oxygen atoms in total. The van der Waals surface area contributed by atoms with Gasteiger partial charge in [-0.25, -0.2) is 9.59 Å². The monoisotopic (exact) mass is 454 g/mol. The number of esters is 1. The number of methoxy groups -OCH3 is 1. The van der Waals surface area contributed by atoms with Crippen molar-refractivity contribution in [3.8, 4) is 5.75 Å². The normalized spacial score (nSPS) is 17.2. The van der Waals surface area contributed by atoms with E-state index in [4.69, 9.17) is 14.2 Å². The molecule has 1 fully saturated rings. The first-order valence-electron chi connectivity index (χ1n) is 11.2. The molecule has 33 heavy (non-hydrogen) atoms. The maximum absolute atomic E-state index is 13.1. The molecular weight excluding hydrogens is 420 g/mol. The van der Waals surface area contributed by atoms with Crippen LogP contribution in [0.2, 0.25) is 0 Å². The highest BCUT2D eigenvalue weighted by molar-refractivity contribution is 5.92. The molecule has 0 spiro atoms. The quantitative estimate of drug-likeness (QED) is 0.612. The molecule has 178 valence electrons. The van der Waals surface area contributed by atoms with Crippen molar-refractivity contribution in [3.05, 3.63) is 65.2 Å². The largest absolute Gasteiger partial charge is 0.488 e. The molecule has 1 heterocycles. The van der Waals surface area contributed by atoms with Crippen molar-refractivity contribution in [2.45, 2.75) is 45.4 Å². The van der Waals surface area contributed by atoms with Crippen LogP contribution < -0.4 is 4.74 Å². The summed E-state index contributed by atoms with van der Waals surface area (Å²) in [5.74, 6) is -0.0286. The van der Waals surface area contributed by atoms with Gasteiger partial charge < -0.3 is 19.1 Å². The van der Waals surface area contributed by atoms with Crippen LogP contribution in [0.5, 0.6) is 5.75 Å². The molecule has 1 aliphatic heterocycles. The van der Waals surface area contributed by atoms with Gasteiger partial charge in [-0.3, -0.25) is 4.90 Å². The number of benzene rings is 2. The van der Waals surface area contributed by atoms with E-state index in [2.05, 4.69) is 4.90 Å². The van der Waals surface area contributed by atoms with Crippen LogP contribution in [0, 0.1) is 0 Å². The lowest BCUT2D eigenvalue weighted by Crippen LogP contribution is -2.40. The maximum Gasteiger partial charge on any atom is 0.410 e. The molecule has 0 aliphatic carbocycles. The number of nitrogens with zero attached hydrogens (tertiary/aromatic N) is 2. The van der Waals surface area contributed by atoms with Crippen LogP contribution in [0.1, 0.15) is 54.7 Å². The summed E-state index contributed by atoms with van der Waals surface area (Å²) in [6, 6.07) is 15.0. The molecular formula is C26H34N2O5. The lowest BCUT2D eigenvalue weighted by molar-refractivity contribution is 0.0168. The molecule has 7 heteroatoms. The Balaban J connectivity index is 1.93. The smallest absolute Gasteiger partial charge is 0.410 e. The van der Waals surface area contributed by atoms with Crippen molar-refractivity contribution in [1.82, 2.24) is 9.80 Å². The number of hydrogen-bond acceptors (Lipinski definition) is 6. The van der Waals surface area contributed by atoms with Crippen LogP contribution >= 0.6 is 0 Å². The maximum atomic E-state index is 13.1. The van der Waals surface area contributed by atoms with Crippen LogP contribution in [-0.4, -0.2) is 61.3 Å². The van der Waals surface area contributed by atoms with Gasteiger partial charge in [0.05, 0.1) is 13.2 Å². The van der Waals surface area contributed by atoms with Crippen LogP contribution in [-0.2, 0) is 16.1 Å². The Bertz CT molecular complexity index is 955. The van der Waals surface area contributed by atoms with E-state index in [1.165, 1.54) is 7.11 Å². The van der Waals surface area contributed by atoms with Crippen LogP contribution in [0.3, 0.4) is 0 Å². The fraction of sp³-hybridized carbons (Fsp3) is 0.462. The minimum atomic E-state index is -0.585. The first kappa shape index (κ1) is 24.6. The summed E-state index contributed by atoms with van der Waals surface area (Å²) in [6.45, 7) is 8.06. The lowest BCUT2D eigenvalue weighted by Gasteiger charge is -2.32. The Morgan fingerprint density at radius 1 is 1.03 bits per heavy atom. The summed E-state index contributed by atoms with van der Waals surface area (Å²) in [7, 11) is 3.40. The summed E-state index contributed by atoms with van der Waals surface area (Å²) in [6.07, 6.45) is 0.400. The Morgan fingerprint density at radius 2 is 1.76 bits per heavy atom. The molecule has 1 saturated heterocycles. The second-order valence-electron chi connectivity index (χ2n) is 9.30. The summed E-state index contributed by atoms with van der Waals surface area (Å²) in [5.41, 5.74) is 1.65. The van der Waals surface area contributed by atoms with Gasteiger partial charge in [-0.2, -0.15) is 0 Å². The lowest BCUT2D eigenvalue weighted by atomic mass is 10.00. The number of ether oxygens (including phenoxy) is 3. The van der Waals surface area contributed by atoms with Crippen molar-refractivity contribution >= 4 is 12.1 Å². The van der Waals surface area contributed by atoms with Gasteiger partial charge in [-0.15, -0.1) is 0 Å².